The Bertz CT molecular complexity index is 967. The van der Waals surface area contributed by atoms with Crippen molar-refractivity contribution in [1.29, 1.82) is 0 Å². The van der Waals surface area contributed by atoms with Crippen LogP contribution in [0.2, 0.25) is 5.02 Å². The third-order valence-corrected chi connectivity index (χ3v) is 5.51. The van der Waals surface area contributed by atoms with Gasteiger partial charge in [0.25, 0.3) is 0 Å². The zero-order chi connectivity index (χ0) is 20.1. The van der Waals surface area contributed by atoms with Crippen molar-refractivity contribution >= 4 is 45.7 Å². The molecule has 0 aliphatic heterocycles. The van der Waals surface area contributed by atoms with Gasteiger partial charge in [0, 0.05) is 29.9 Å². The molecule has 3 rings (SSSR count). The number of carbonyl (C=O) groups excluding carboxylic acids is 1. The van der Waals surface area contributed by atoms with Crippen molar-refractivity contribution in [1.82, 2.24) is 15.0 Å². The lowest BCUT2D eigenvalue weighted by molar-refractivity contribution is -0.137. The minimum Gasteiger partial charge on any atom is -0.301 e. The molecule has 0 saturated heterocycles. The van der Waals surface area contributed by atoms with E-state index in [0.29, 0.717) is 20.7 Å². The van der Waals surface area contributed by atoms with Gasteiger partial charge in [-0.05, 0) is 23.8 Å². The molecule has 0 aliphatic rings. The van der Waals surface area contributed by atoms with E-state index >= 15 is 0 Å². The van der Waals surface area contributed by atoms with E-state index in [1.165, 1.54) is 41.4 Å². The summed E-state index contributed by atoms with van der Waals surface area (Å²) in [5, 5.41) is 3.18. The molecule has 0 saturated carbocycles. The Morgan fingerprint density at radius 2 is 1.96 bits per heavy atom. The van der Waals surface area contributed by atoms with Gasteiger partial charge in [0.2, 0.25) is 5.91 Å². The van der Waals surface area contributed by atoms with Crippen molar-refractivity contribution in [2.75, 3.05) is 11.1 Å². The summed E-state index contributed by atoms with van der Waals surface area (Å²) in [6, 6.07) is 5.47. The van der Waals surface area contributed by atoms with Crippen molar-refractivity contribution < 1.29 is 18.0 Å². The van der Waals surface area contributed by atoms with Gasteiger partial charge >= 0.3 is 6.18 Å². The molecule has 0 atom stereocenters. The molecule has 2 aromatic heterocycles. The normalized spacial score (nSPS) is 11.4. The molecule has 1 N–H and O–H groups in total. The Morgan fingerprint density at radius 1 is 1.21 bits per heavy atom. The number of nitrogens with zero attached hydrogens (tertiary/aromatic N) is 3. The first-order valence-electron chi connectivity index (χ1n) is 7.81. The molecule has 1 aromatic carbocycles. The maximum absolute atomic E-state index is 13.0. The van der Waals surface area contributed by atoms with E-state index in [1.54, 1.807) is 18.5 Å². The van der Waals surface area contributed by atoms with Crippen LogP contribution in [0.3, 0.4) is 0 Å². The second-order valence-corrected chi connectivity index (χ2v) is 7.95. The van der Waals surface area contributed by atoms with E-state index in [9.17, 15) is 18.0 Å². The van der Waals surface area contributed by atoms with Crippen LogP contribution in [0.1, 0.15) is 16.0 Å². The van der Waals surface area contributed by atoms with E-state index in [4.69, 9.17) is 11.6 Å². The molecule has 0 aliphatic carbocycles. The molecule has 5 nitrogen and oxygen atoms in total. The molecular formula is C17H12ClF3N4OS2. The first kappa shape index (κ1) is 20.6. The van der Waals surface area contributed by atoms with Gasteiger partial charge in [-0.15, -0.1) is 11.3 Å². The summed E-state index contributed by atoms with van der Waals surface area (Å²) in [7, 11) is 0. The van der Waals surface area contributed by atoms with Crippen molar-refractivity contribution in [3.05, 3.63) is 63.9 Å². The van der Waals surface area contributed by atoms with Crippen molar-refractivity contribution in [2.24, 2.45) is 0 Å². The highest BCUT2D eigenvalue weighted by Gasteiger charge is 2.33. The van der Waals surface area contributed by atoms with Gasteiger partial charge in [0.15, 0.2) is 10.3 Å². The van der Waals surface area contributed by atoms with Crippen molar-refractivity contribution in [2.45, 2.75) is 17.8 Å². The fraction of sp³-hybridized carbons (Fsp3) is 0.176. The Morgan fingerprint density at radius 3 is 2.68 bits per heavy atom. The summed E-state index contributed by atoms with van der Waals surface area (Å²) >= 11 is 8.01. The highest BCUT2D eigenvalue weighted by Crippen LogP contribution is 2.35. The summed E-state index contributed by atoms with van der Waals surface area (Å²) in [5.41, 5.74) is -0.417. The third kappa shape index (κ3) is 5.66. The number of hydrogen-bond acceptors (Lipinski definition) is 6. The van der Waals surface area contributed by atoms with Crippen molar-refractivity contribution in [3.63, 3.8) is 0 Å². The van der Waals surface area contributed by atoms with E-state index in [-0.39, 0.29) is 23.1 Å². The van der Waals surface area contributed by atoms with Crippen LogP contribution in [-0.2, 0) is 17.4 Å². The summed E-state index contributed by atoms with van der Waals surface area (Å²) in [6.45, 7) is 0. The highest BCUT2D eigenvalue weighted by atomic mass is 35.5. The Hall–Kier alpha value is -2.17. The molecule has 1 amide bonds. The van der Waals surface area contributed by atoms with E-state index in [2.05, 4.69) is 20.3 Å². The van der Waals surface area contributed by atoms with Gasteiger partial charge < -0.3 is 5.32 Å². The monoisotopic (exact) mass is 444 g/mol. The van der Waals surface area contributed by atoms with Gasteiger partial charge in [0.1, 0.15) is 0 Å². The SMILES string of the molecule is O=C(CSc1ncccn1)Nc1ncc(Cc2ccc(Cl)c(C(F)(F)F)c2)s1. The fourth-order valence-electron chi connectivity index (χ4n) is 2.19. The second kappa shape index (κ2) is 8.89. The average Bonchev–Trinajstić information content (AvgIpc) is 3.08. The summed E-state index contributed by atoms with van der Waals surface area (Å²) in [6.07, 6.45) is 0.429. The molecule has 0 bridgehead atoms. The number of thioether (sulfide) groups is 1. The zero-order valence-corrected chi connectivity index (χ0v) is 16.4. The van der Waals surface area contributed by atoms with Crippen LogP contribution in [0.15, 0.2) is 48.0 Å². The van der Waals surface area contributed by atoms with Gasteiger partial charge in [-0.25, -0.2) is 15.0 Å². The minimum absolute atomic E-state index is 0.116. The topological polar surface area (TPSA) is 67.8 Å². The third-order valence-electron chi connectivity index (χ3n) is 3.39. The number of thiazole rings is 1. The Labute approximate surface area is 171 Å². The molecule has 2 heterocycles. The fourth-order valence-corrected chi connectivity index (χ4v) is 3.88. The average molecular weight is 445 g/mol. The lowest BCUT2D eigenvalue weighted by atomic mass is 10.1. The zero-order valence-electron chi connectivity index (χ0n) is 14.0. The number of alkyl halides is 3. The lowest BCUT2D eigenvalue weighted by Crippen LogP contribution is -2.13. The van der Waals surface area contributed by atoms with E-state index in [1.807, 2.05) is 0 Å². The number of halogens is 4. The highest BCUT2D eigenvalue weighted by molar-refractivity contribution is 7.99. The molecule has 0 radical (unpaired) electrons. The van der Waals surface area contributed by atoms with Crippen LogP contribution in [-0.4, -0.2) is 26.6 Å². The predicted octanol–water partition coefficient (Wildman–Crippen LogP) is 4.93. The summed E-state index contributed by atoms with van der Waals surface area (Å²) in [5.74, 6) is -0.158. The predicted molar refractivity (Wildman–Crippen MR) is 103 cm³/mol. The number of rotatable bonds is 6. The van der Waals surface area contributed by atoms with Crippen LogP contribution < -0.4 is 5.32 Å². The van der Waals surface area contributed by atoms with Crippen molar-refractivity contribution in [3.8, 4) is 0 Å². The van der Waals surface area contributed by atoms with Crippen LogP contribution >= 0.6 is 34.7 Å². The minimum atomic E-state index is -4.51. The van der Waals surface area contributed by atoms with Gasteiger partial charge in [-0.1, -0.05) is 29.4 Å². The van der Waals surface area contributed by atoms with E-state index in [0.717, 1.165) is 6.07 Å². The van der Waals surface area contributed by atoms with Crippen LogP contribution in [0.5, 0.6) is 0 Å². The number of aromatic nitrogens is 3. The lowest BCUT2D eigenvalue weighted by Gasteiger charge is -2.10. The molecular weight excluding hydrogens is 433 g/mol. The number of benzene rings is 1. The van der Waals surface area contributed by atoms with Gasteiger partial charge in [0.05, 0.1) is 16.3 Å². The molecule has 146 valence electrons. The molecule has 0 unspecified atom stereocenters. The first-order chi connectivity index (χ1) is 13.3. The summed E-state index contributed by atoms with van der Waals surface area (Å²) < 4.78 is 38.9. The largest absolute Gasteiger partial charge is 0.417 e. The van der Waals surface area contributed by atoms with Crippen LogP contribution in [0.25, 0.3) is 0 Å². The van der Waals surface area contributed by atoms with Crippen LogP contribution in [0.4, 0.5) is 18.3 Å². The van der Waals surface area contributed by atoms with E-state index < -0.39 is 11.7 Å². The van der Waals surface area contributed by atoms with Gasteiger partial charge in [-0.3, -0.25) is 4.79 Å². The number of anilines is 1. The number of amides is 1. The van der Waals surface area contributed by atoms with Crippen LogP contribution in [0, 0.1) is 0 Å². The number of carbonyl (C=O) groups is 1. The molecule has 0 spiro atoms. The molecule has 3 aromatic rings. The summed E-state index contributed by atoms with van der Waals surface area (Å²) in [4.78, 5) is 24.8. The number of hydrogen-bond donors (Lipinski definition) is 1. The maximum atomic E-state index is 13.0. The smallest absolute Gasteiger partial charge is 0.301 e. The first-order valence-corrected chi connectivity index (χ1v) is 9.99. The van der Waals surface area contributed by atoms with Gasteiger partial charge in [-0.2, -0.15) is 13.2 Å². The molecule has 0 fully saturated rings. The maximum Gasteiger partial charge on any atom is 0.417 e. The Balaban J connectivity index is 1.59. The second-order valence-electron chi connectivity index (χ2n) is 5.49. The quantitative estimate of drug-likeness (QED) is 0.431. The Kier molecular flexibility index (Phi) is 6.53. The molecule has 28 heavy (non-hydrogen) atoms. The molecule has 11 heteroatoms. The standard InChI is InChI=1S/C17H12ClF3N4OS2/c18-13-3-2-10(7-12(13)17(19,20)21)6-11-8-24-16(28-11)25-14(26)9-27-15-22-4-1-5-23-15/h1-5,7-8H,6,9H2,(H,24,25,26). The number of nitrogens with one attached hydrogen (secondary N) is 1.